The van der Waals surface area contributed by atoms with Crippen molar-refractivity contribution >= 4 is 5.97 Å². The number of carbonyl (C=O) groups excluding carboxylic acids is 1. The first-order valence-corrected chi connectivity index (χ1v) is 7.08. The molecule has 0 aromatic carbocycles. The van der Waals surface area contributed by atoms with Crippen molar-refractivity contribution in [3.8, 4) is 0 Å². The van der Waals surface area contributed by atoms with Crippen LogP contribution >= 0.6 is 0 Å². The third-order valence-electron chi connectivity index (χ3n) is 3.09. The molecule has 1 aromatic rings. The Labute approximate surface area is 119 Å². The molecule has 1 aliphatic heterocycles. The highest BCUT2D eigenvalue weighted by atomic mass is 16.6. The molecule has 114 valence electrons. The van der Waals surface area contributed by atoms with Gasteiger partial charge in [0.2, 0.25) is 0 Å². The first-order valence-electron chi connectivity index (χ1n) is 7.08. The molecule has 2 heterocycles. The molecule has 0 amide bonds. The Morgan fingerprint density at radius 2 is 1.80 bits per heavy atom. The molecule has 1 saturated heterocycles. The number of hydrogen-bond acceptors (Lipinski definition) is 5. The second-order valence-corrected chi connectivity index (χ2v) is 5.84. The van der Waals surface area contributed by atoms with E-state index in [2.05, 4.69) is 27.7 Å². The normalized spacial score (nSPS) is 18.1. The van der Waals surface area contributed by atoms with Crippen LogP contribution in [0, 0.1) is 18.8 Å². The van der Waals surface area contributed by atoms with Crippen molar-refractivity contribution in [1.29, 1.82) is 0 Å². The molecule has 1 unspecified atom stereocenters. The smallest absolute Gasteiger partial charge is 0.462 e. The van der Waals surface area contributed by atoms with Gasteiger partial charge in [-0.15, -0.1) is 0 Å². The Kier molecular flexibility index (Phi) is 6.05. The molecule has 0 bridgehead atoms. The van der Waals surface area contributed by atoms with E-state index < -0.39 is 5.82 Å². The third kappa shape index (κ3) is 5.23. The van der Waals surface area contributed by atoms with Crippen LogP contribution in [0.4, 0.5) is 0 Å². The fourth-order valence-corrected chi connectivity index (χ4v) is 1.95. The molecule has 2 rings (SSSR count). The van der Waals surface area contributed by atoms with Gasteiger partial charge in [-0.2, -0.15) is 0 Å². The van der Waals surface area contributed by atoms with Gasteiger partial charge in [-0.1, -0.05) is 27.7 Å². The zero-order valence-electron chi connectivity index (χ0n) is 12.9. The number of esters is 1. The highest BCUT2D eigenvalue weighted by Crippen LogP contribution is 2.20. The van der Waals surface area contributed by atoms with E-state index in [1.165, 1.54) is 0 Å². The summed E-state index contributed by atoms with van der Waals surface area (Å²) in [6, 6.07) is 0. The lowest BCUT2D eigenvalue weighted by molar-refractivity contribution is -0.142. The van der Waals surface area contributed by atoms with Crippen LogP contribution in [-0.4, -0.2) is 12.1 Å². The van der Waals surface area contributed by atoms with Crippen LogP contribution in [0.15, 0.2) is 13.6 Å². The van der Waals surface area contributed by atoms with Crippen molar-refractivity contribution in [2.45, 2.75) is 60.0 Å². The largest absolute Gasteiger partial charge is 0.519 e. The average molecular weight is 284 g/mol. The molecular formula is C15H24O5. The van der Waals surface area contributed by atoms with Gasteiger partial charge >= 0.3 is 11.8 Å². The van der Waals surface area contributed by atoms with Crippen molar-refractivity contribution in [3.05, 3.63) is 22.1 Å². The summed E-state index contributed by atoms with van der Waals surface area (Å²) in [5.41, 5.74) is 0. The van der Waals surface area contributed by atoms with Crippen molar-refractivity contribution in [3.63, 3.8) is 0 Å². The van der Waals surface area contributed by atoms with Crippen molar-refractivity contribution < 1.29 is 18.4 Å². The van der Waals surface area contributed by atoms with Gasteiger partial charge in [-0.3, -0.25) is 4.79 Å². The Balaban J connectivity index is 0.000000204. The first-order chi connectivity index (χ1) is 9.29. The summed E-state index contributed by atoms with van der Waals surface area (Å²) in [7, 11) is 0. The number of rotatable bonds is 3. The second-order valence-electron chi connectivity index (χ2n) is 5.84. The monoisotopic (exact) mass is 284 g/mol. The van der Waals surface area contributed by atoms with Gasteiger partial charge in [0.25, 0.3) is 0 Å². The number of aryl methyl sites for hydroxylation is 1. The highest BCUT2D eigenvalue weighted by molar-refractivity contribution is 5.71. The topological polar surface area (TPSA) is 69.7 Å². The fourth-order valence-electron chi connectivity index (χ4n) is 1.95. The first kappa shape index (κ1) is 16.5. The van der Waals surface area contributed by atoms with E-state index in [1.54, 1.807) is 6.92 Å². The maximum absolute atomic E-state index is 10.6. The lowest BCUT2D eigenvalue weighted by Gasteiger charge is -2.11. The van der Waals surface area contributed by atoms with Gasteiger partial charge in [0.1, 0.15) is 17.6 Å². The molecule has 0 N–H and O–H groups in total. The van der Waals surface area contributed by atoms with E-state index in [-0.39, 0.29) is 12.1 Å². The molecule has 1 aliphatic rings. The van der Waals surface area contributed by atoms with Gasteiger partial charge in [0.05, 0.1) is 0 Å². The van der Waals surface area contributed by atoms with Crippen molar-refractivity contribution in [2.75, 3.05) is 0 Å². The lowest BCUT2D eigenvalue weighted by atomic mass is 10.1. The van der Waals surface area contributed by atoms with Crippen LogP contribution in [0.1, 0.15) is 52.1 Å². The Morgan fingerprint density at radius 3 is 2.10 bits per heavy atom. The summed E-state index contributed by atoms with van der Waals surface area (Å²) in [4.78, 5) is 21.1. The number of cyclic esters (lactones) is 1. The minimum Gasteiger partial charge on any atom is -0.462 e. The van der Waals surface area contributed by atoms with Gasteiger partial charge in [0.15, 0.2) is 0 Å². The van der Waals surface area contributed by atoms with Crippen LogP contribution in [0.25, 0.3) is 0 Å². The summed E-state index contributed by atoms with van der Waals surface area (Å²) in [6.45, 7) is 10.0. The minimum absolute atomic E-state index is 0.0336. The maximum Gasteiger partial charge on any atom is 0.519 e. The van der Waals surface area contributed by atoms with Gasteiger partial charge in [0, 0.05) is 12.8 Å². The van der Waals surface area contributed by atoms with Gasteiger partial charge in [-0.25, -0.2) is 4.79 Å². The molecule has 5 heteroatoms. The van der Waals surface area contributed by atoms with E-state index >= 15 is 0 Å². The zero-order valence-corrected chi connectivity index (χ0v) is 12.9. The molecule has 20 heavy (non-hydrogen) atoms. The van der Waals surface area contributed by atoms with Crippen LogP contribution in [-0.2, 0) is 16.0 Å². The molecule has 0 spiro atoms. The van der Waals surface area contributed by atoms with E-state index in [4.69, 9.17) is 13.6 Å². The Hall–Kier alpha value is -1.52. The Bertz CT molecular complexity index is 481. The van der Waals surface area contributed by atoms with E-state index in [0.29, 0.717) is 29.8 Å². The number of hydrogen-bond donors (Lipinski definition) is 0. The molecule has 0 radical (unpaired) electrons. The quantitative estimate of drug-likeness (QED) is 0.798. The standard InChI is InChI=1S/C8H12O3.C7H12O2/c1-5(2)4-7-6(3)10-8(9)11-7;1-5(2)6-3-4-7(8)9-6/h5H,4H2,1-3H3;5-6H,3-4H2,1-2H3. The maximum atomic E-state index is 10.6. The molecule has 1 atom stereocenters. The van der Waals surface area contributed by atoms with Gasteiger partial charge in [-0.05, 0) is 25.2 Å². The summed E-state index contributed by atoms with van der Waals surface area (Å²) in [5, 5.41) is 0. The molecule has 0 saturated carbocycles. The molecule has 1 fully saturated rings. The van der Waals surface area contributed by atoms with Crippen molar-refractivity contribution in [2.24, 2.45) is 11.8 Å². The minimum atomic E-state index is -0.599. The SMILES string of the molecule is CC(C)C1CCC(=O)O1.Cc1oc(=O)oc1CC(C)C. The predicted molar refractivity (Wildman–Crippen MR) is 74.5 cm³/mol. The molecule has 1 aromatic heterocycles. The van der Waals surface area contributed by atoms with Crippen LogP contribution < -0.4 is 5.82 Å². The lowest BCUT2D eigenvalue weighted by Crippen LogP contribution is -2.13. The summed E-state index contributed by atoms with van der Waals surface area (Å²) < 4.78 is 14.5. The van der Waals surface area contributed by atoms with Crippen molar-refractivity contribution in [1.82, 2.24) is 0 Å². The van der Waals surface area contributed by atoms with Crippen LogP contribution in [0.2, 0.25) is 0 Å². The summed E-state index contributed by atoms with van der Waals surface area (Å²) in [5.74, 6) is 1.60. The second kappa shape index (κ2) is 7.31. The highest BCUT2D eigenvalue weighted by Gasteiger charge is 2.25. The Morgan fingerprint density at radius 1 is 1.15 bits per heavy atom. The van der Waals surface area contributed by atoms with E-state index in [1.807, 2.05) is 0 Å². The summed E-state index contributed by atoms with van der Waals surface area (Å²) >= 11 is 0. The van der Waals surface area contributed by atoms with Crippen LogP contribution in [0.5, 0.6) is 0 Å². The predicted octanol–water partition coefficient (Wildman–Crippen LogP) is 3.09. The third-order valence-corrected chi connectivity index (χ3v) is 3.09. The molecular weight excluding hydrogens is 260 g/mol. The summed E-state index contributed by atoms with van der Waals surface area (Å²) in [6.07, 6.45) is 2.48. The van der Waals surface area contributed by atoms with E-state index in [9.17, 15) is 9.59 Å². The zero-order chi connectivity index (χ0) is 15.3. The number of ether oxygens (including phenoxy) is 1. The molecule has 5 nitrogen and oxygen atoms in total. The van der Waals surface area contributed by atoms with Crippen LogP contribution in [0.3, 0.4) is 0 Å². The number of carbonyl (C=O) groups is 1. The average Bonchev–Trinajstić information content (AvgIpc) is 2.86. The molecule has 0 aliphatic carbocycles. The van der Waals surface area contributed by atoms with E-state index in [0.717, 1.165) is 12.8 Å². The fraction of sp³-hybridized carbons (Fsp3) is 0.733. The van der Waals surface area contributed by atoms with Gasteiger partial charge < -0.3 is 13.6 Å².